The van der Waals surface area contributed by atoms with E-state index in [1.54, 1.807) is 0 Å². The van der Waals surface area contributed by atoms with Gasteiger partial charge in [0.15, 0.2) is 0 Å². The Morgan fingerprint density at radius 3 is 1.49 bits per heavy atom. The molecule has 0 saturated carbocycles. The van der Waals surface area contributed by atoms with Crippen molar-refractivity contribution < 1.29 is 37.3 Å². The van der Waals surface area contributed by atoms with Crippen molar-refractivity contribution in [2.45, 2.75) is 181 Å². The van der Waals surface area contributed by atoms with E-state index in [0.717, 1.165) is 32.1 Å². The lowest BCUT2D eigenvalue weighted by molar-refractivity contribution is -0.870. The fourth-order valence-electron chi connectivity index (χ4n) is 5.53. The predicted octanol–water partition coefficient (Wildman–Crippen LogP) is 10.8. The van der Waals surface area contributed by atoms with Crippen molar-refractivity contribution in [3.05, 3.63) is 0 Å². The summed E-state index contributed by atoms with van der Waals surface area (Å²) in [5, 5.41) is 0. The Labute approximate surface area is 291 Å². The normalized spacial score (nSPS) is 14.6. The molecule has 0 aliphatic heterocycles. The summed E-state index contributed by atoms with van der Waals surface area (Å²) in [6.45, 7) is 7.51. The molecule has 0 heterocycles. The zero-order valence-corrected chi connectivity index (χ0v) is 32.8. The van der Waals surface area contributed by atoms with E-state index in [1.807, 2.05) is 28.1 Å². The number of hydrogen-bond acceptors (Lipinski definition) is 6. The van der Waals surface area contributed by atoms with Crippen LogP contribution in [0.4, 0.5) is 0 Å². The van der Waals surface area contributed by atoms with E-state index in [9.17, 15) is 14.3 Å². The van der Waals surface area contributed by atoms with Gasteiger partial charge in [0.05, 0.1) is 40.3 Å². The van der Waals surface area contributed by atoms with Crippen LogP contribution in [0.1, 0.15) is 175 Å². The number of phosphoric ester groups is 1. The van der Waals surface area contributed by atoms with Crippen molar-refractivity contribution >= 4 is 13.8 Å². The van der Waals surface area contributed by atoms with Crippen LogP contribution in [0.25, 0.3) is 0 Å². The van der Waals surface area contributed by atoms with Crippen LogP contribution in [0.15, 0.2) is 0 Å². The summed E-state index contributed by atoms with van der Waals surface area (Å²) >= 11 is 0. The third kappa shape index (κ3) is 33.8. The second kappa shape index (κ2) is 31.5. The molecular weight excluding hydrogens is 613 g/mol. The Morgan fingerprint density at radius 1 is 0.617 bits per heavy atom. The van der Waals surface area contributed by atoms with E-state index in [1.165, 1.54) is 122 Å². The van der Waals surface area contributed by atoms with Gasteiger partial charge in [0.2, 0.25) is 0 Å². The zero-order valence-electron chi connectivity index (χ0n) is 32.0. The van der Waals surface area contributed by atoms with Crippen molar-refractivity contribution in [2.75, 3.05) is 54.1 Å². The Balaban J connectivity index is 4.38. The van der Waals surface area contributed by atoms with E-state index < -0.39 is 13.9 Å². The first-order valence-electron chi connectivity index (χ1n) is 19.7. The van der Waals surface area contributed by atoms with Crippen LogP contribution in [0, 0.1) is 5.92 Å². The molecule has 0 bridgehead atoms. The summed E-state index contributed by atoms with van der Waals surface area (Å²) in [5.41, 5.74) is 0. The van der Waals surface area contributed by atoms with Gasteiger partial charge in [-0.1, -0.05) is 162 Å². The molecule has 0 aromatic carbocycles. The smallest absolute Gasteiger partial charge is 0.457 e. The molecule has 0 aliphatic rings. The van der Waals surface area contributed by atoms with Crippen molar-refractivity contribution in [3.63, 3.8) is 0 Å². The molecule has 0 spiro atoms. The number of ether oxygens (including phenoxy) is 2. The molecule has 0 amide bonds. The molecule has 0 aromatic rings. The van der Waals surface area contributed by atoms with Gasteiger partial charge in [0, 0.05) is 6.61 Å². The van der Waals surface area contributed by atoms with Gasteiger partial charge in [-0.25, -0.2) is 4.57 Å². The van der Waals surface area contributed by atoms with Crippen molar-refractivity contribution in [2.24, 2.45) is 5.92 Å². The van der Waals surface area contributed by atoms with Gasteiger partial charge in [0.1, 0.15) is 19.3 Å². The SMILES string of the molecule is CCCCCCCCCCCCCCCCOC[C@H](COP(=O)(O)OCC[N+](C)(C)C)OC(=O)[C@H](C)CCCCCCCCCCC. The van der Waals surface area contributed by atoms with Gasteiger partial charge in [0.25, 0.3) is 0 Å². The lowest BCUT2D eigenvalue weighted by atomic mass is 10.0. The average Bonchev–Trinajstić information content (AvgIpc) is 3.01. The predicted molar refractivity (Wildman–Crippen MR) is 197 cm³/mol. The maximum Gasteiger partial charge on any atom is 0.472 e. The van der Waals surface area contributed by atoms with Crippen molar-refractivity contribution in [1.29, 1.82) is 0 Å². The number of unbranched alkanes of at least 4 members (excludes halogenated alkanes) is 21. The maximum absolute atomic E-state index is 12.9. The second-order valence-electron chi connectivity index (χ2n) is 14.9. The highest BCUT2D eigenvalue weighted by atomic mass is 31.2. The summed E-state index contributed by atoms with van der Waals surface area (Å²) in [7, 11) is 1.67. The monoisotopic (exact) mass is 693 g/mol. The summed E-state index contributed by atoms with van der Waals surface area (Å²) in [6.07, 6.45) is 29.3. The Bertz CT molecular complexity index is 746. The topological polar surface area (TPSA) is 91.3 Å². The quantitative estimate of drug-likeness (QED) is 0.0302. The fraction of sp³-hybridized carbons (Fsp3) is 0.974. The molecule has 282 valence electrons. The first kappa shape index (κ1) is 46.5. The number of nitrogens with zero attached hydrogens (tertiary/aromatic N) is 1. The Morgan fingerprint density at radius 2 is 1.04 bits per heavy atom. The molecule has 1 N–H and O–H groups in total. The summed E-state index contributed by atoms with van der Waals surface area (Å²) in [4.78, 5) is 23.1. The zero-order chi connectivity index (χ0) is 35.1. The average molecular weight is 693 g/mol. The molecule has 8 nitrogen and oxygen atoms in total. The number of quaternary nitrogens is 1. The minimum Gasteiger partial charge on any atom is -0.457 e. The van der Waals surface area contributed by atoms with Crippen LogP contribution in [0.5, 0.6) is 0 Å². The number of rotatable bonds is 36. The number of likely N-dealkylation sites (N-methyl/N-ethyl adjacent to an activating group) is 1. The van der Waals surface area contributed by atoms with Gasteiger partial charge in [-0.05, 0) is 12.8 Å². The Hall–Kier alpha value is -0.500. The number of phosphoric acid groups is 1. The van der Waals surface area contributed by atoms with Gasteiger partial charge in [-0.2, -0.15) is 0 Å². The van der Waals surface area contributed by atoms with Crippen LogP contribution in [-0.2, 0) is 27.9 Å². The lowest BCUT2D eigenvalue weighted by Crippen LogP contribution is -2.37. The second-order valence-corrected chi connectivity index (χ2v) is 16.3. The molecule has 0 saturated heterocycles. The van der Waals surface area contributed by atoms with E-state index in [2.05, 4.69) is 13.8 Å². The highest BCUT2D eigenvalue weighted by molar-refractivity contribution is 7.47. The first-order valence-corrected chi connectivity index (χ1v) is 21.2. The largest absolute Gasteiger partial charge is 0.472 e. The van der Waals surface area contributed by atoms with Gasteiger partial charge in [-0.3, -0.25) is 13.8 Å². The van der Waals surface area contributed by atoms with E-state index in [4.69, 9.17) is 18.5 Å². The van der Waals surface area contributed by atoms with Gasteiger partial charge >= 0.3 is 13.8 Å². The molecule has 9 heteroatoms. The van der Waals surface area contributed by atoms with E-state index in [-0.39, 0.29) is 31.7 Å². The van der Waals surface area contributed by atoms with Crippen LogP contribution in [0.2, 0.25) is 0 Å². The van der Waals surface area contributed by atoms with E-state index in [0.29, 0.717) is 17.6 Å². The Kier molecular flexibility index (Phi) is 31.1. The number of hydrogen-bond donors (Lipinski definition) is 1. The van der Waals surface area contributed by atoms with Gasteiger partial charge in [-0.15, -0.1) is 0 Å². The van der Waals surface area contributed by atoms with Crippen molar-refractivity contribution in [1.82, 2.24) is 0 Å². The molecule has 3 atom stereocenters. The molecule has 1 unspecified atom stereocenters. The lowest BCUT2D eigenvalue weighted by Gasteiger charge is -2.24. The maximum atomic E-state index is 12.9. The van der Waals surface area contributed by atoms with Crippen LogP contribution < -0.4 is 0 Å². The molecule has 0 aromatic heterocycles. The third-order valence-corrected chi connectivity index (χ3v) is 9.80. The molecular formula is C38H79NO7P+. The molecule has 0 fully saturated rings. The molecule has 0 rings (SSSR count). The molecule has 47 heavy (non-hydrogen) atoms. The fourth-order valence-corrected chi connectivity index (χ4v) is 6.28. The molecule has 0 radical (unpaired) electrons. The summed E-state index contributed by atoms with van der Waals surface area (Å²) < 4.78 is 35.1. The number of carbonyl (C=O) groups excluding carboxylic acids is 1. The van der Waals surface area contributed by atoms with Crippen LogP contribution in [0.3, 0.4) is 0 Å². The van der Waals surface area contributed by atoms with Crippen molar-refractivity contribution in [3.8, 4) is 0 Å². The van der Waals surface area contributed by atoms with Gasteiger partial charge < -0.3 is 18.9 Å². The minimum absolute atomic E-state index is 0.0904. The third-order valence-electron chi connectivity index (χ3n) is 8.81. The summed E-state index contributed by atoms with van der Waals surface area (Å²) in [5.74, 6) is -0.549. The summed E-state index contributed by atoms with van der Waals surface area (Å²) in [6, 6.07) is 0. The highest BCUT2D eigenvalue weighted by Crippen LogP contribution is 2.43. The molecule has 0 aliphatic carbocycles. The minimum atomic E-state index is -4.27. The first-order chi connectivity index (χ1) is 22.5. The highest BCUT2D eigenvalue weighted by Gasteiger charge is 2.27. The van der Waals surface area contributed by atoms with Crippen LogP contribution in [-0.4, -0.2) is 75.6 Å². The standard InChI is InChI=1S/C38H78NO7P/c1-7-9-11-13-15-17-18-19-20-21-23-25-27-29-32-43-34-37(35-45-47(41,42)44-33-31-39(4,5)6)46-38(40)36(3)30-28-26-24-22-16-14-12-10-8-2/h36-37H,7-35H2,1-6H3/p+1/t36-,37-/m1/s1. The van der Waals surface area contributed by atoms with E-state index >= 15 is 0 Å². The number of esters is 1. The number of carbonyl (C=O) groups is 1. The van der Waals surface area contributed by atoms with Crippen LogP contribution >= 0.6 is 7.82 Å².